The van der Waals surface area contributed by atoms with Gasteiger partial charge in [0.2, 0.25) is 0 Å². The molecule has 0 atom stereocenters. The van der Waals surface area contributed by atoms with Crippen LogP contribution >= 0.6 is 11.6 Å². The van der Waals surface area contributed by atoms with Crippen LogP contribution in [-0.4, -0.2) is 12.8 Å². The van der Waals surface area contributed by atoms with Crippen LogP contribution in [0.4, 0.5) is 10.1 Å². The molecular formula is C16H19ClFNO. The third-order valence-electron chi connectivity index (χ3n) is 3.17. The van der Waals surface area contributed by atoms with Crippen LogP contribution in [0.25, 0.3) is 0 Å². The summed E-state index contributed by atoms with van der Waals surface area (Å²) < 4.78 is 14.0. The zero-order valence-corrected chi connectivity index (χ0v) is 12.8. The van der Waals surface area contributed by atoms with Crippen molar-refractivity contribution < 1.29 is 9.18 Å². The lowest BCUT2D eigenvalue weighted by atomic mass is 10.0. The van der Waals surface area contributed by atoms with Gasteiger partial charge in [0.25, 0.3) is 0 Å². The van der Waals surface area contributed by atoms with Crippen molar-refractivity contribution in [1.82, 2.24) is 0 Å². The second-order valence-electron chi connectivity index (χ2n) is 4.51. The van der Waals surface area contributed by atoms with Crippen LogP contribution in [0.1, 0.15) is 26.7 Å². The number of hydrogen-bond acceptors (Lipinski definition) is 2. The maximum atomic E-state index is 14.0. The molecule has 0 saturated heterocycles. The first-order valence-electron chi connectivity index (χ1n) is 6.48. The van der Waals surface area contributed by atoms with Crippen LogP contribution in [0, 0.1) is 5.82 Å². The van der Waals surface area contributed by atoms with Crippen LogP contribution in [0.2, 0.25) is 5.02 Å². The van der Waals surface area contributed by atoms with Gasteiger partial charge in [0, 0.05) is 24.7 Å². The minimum atomic E-state index is -0.498. The Balaban J connectivity index is 3.23. The van der Waals surface area contributed by atoms with E-state index in [0.717, 1.165) is 6.42 Å². The lowest BCUT2D eigenvalue weighted by molar-refractivity contribution is -0.115. The molecule has 0 spiro atoms. The van der Waals surface area contributed by atoms with E-state index in [1.54, 1.807) is 31.0 Å². The molecular weight excluding hydrogens is 277 g/mol. The van der Waals surface area contributed by atoms with E-state index in [1.165, 1.54) is 12.1 Å². The van der Waals surface area contributed by atoms with Crippen LogP contribution < -0.4 is 4.90 Å². The largest absolute Gasteiger partial charge is 0.345 e. The number of anilines is 1. The Morgan fingerprint density at radius 2 is 2.15 bits per heavy atom. The minimum Gasteiger partial charge on any atom is -0.345 e. The fourth-order valence-corrected chi connectivity index (χ4v) is 2.11. The number of nitrogens with zero attached hydrogens (tertiary/aromatic N) is 1. The van der Waals surface area contributed by atoms with Crippen molar-refractivity contribution >= 4 is 23.1 Å². The van der Waals surface area contributed by atoms with Crippen LogP contribution in [0.5, 0.6) is 0 Å². The van der Waals surface area contributed by atoms with Crippen LogP contribution in [-0.2, 0) is 4.79 Å². The van der Waals surface area contributed by atoms with E-state index in [4.69, 9.17) is 11.6 Å². The summed E-state index contributed by atoms with van der Waals surface area (Å²) in [6, 6.07) is 4.78. The molecule has 2 nitrogen and oxygen atoms in total. The average molecular weight is 296 g/mol. The van der Waals surface area contributed by atoms with Crippen molar-refractivity contribution in [2.75, 3.05) is 11.9 Å². The van der Waals surface area contributed by atoms with Crippen molar-refractivity contribution in [2.45, 2.75) is 26.7 Å². The summed E-state index contributed by atoms with van der Waals surface area (Å²) in [7, 11) is 1.70. The summed E-state index contributed by atoms with van der Waals surface area (Å²) in [5.41, 5.74) is 1.49. The number of allylic oxidation sites excluding steroid dienone is 3. The van der Waals surface area contributed by atoms with Gasteiger partial charge in [0.05, 0.1) is 10.7 Å². The molecule has 0 aliphatic rings. The van der Waals surface area contributed by atoms with Gasteiger partial charge >= 0.3 is 0 Å². The monoisotopic (exact) mass is 295 g/mol. The van der Waals surface area contributed by atoms with Crippen molar-refractivity contribution in [3.05, 3.63) is 53.0 Å². The second-order valence-corrected chi connectivity index (χ2v) is 4.92. The second kappa shape index (κ2) is 7.25. The molecule has 1 aromatic carbocycles. The molecule has 0 aromatic heterocycles. The SMILES string of the molecule is C=C/C(C(=O)CCC)=C(/C)N(C)c1cccc(Cl)c1F. The van der Waals surface area contributed by atoms with E-state index < -0.39 is 5.82 Å². The molecule has 0 aliphatic heterocycles. The molecule has 0 aliphatic carbocycles. The van der Waals surface area contributed by atoms with Gasteiger partial charge in [0.1, 0.15) is 0 Å². The molecule has 20 heavy (non-hydrogen) atoms. The summed E-state index contributed by atoms with van der Waals surface area (Å²) in [5, 5.41) is 0.0576. The van der Waals surface area contributed by atoms with Crippen molar-refractivity contribution in [3.8, 4) is 0 Å². The van der Waals surface area contributed by atoms with E-state index in [-0.39, 0.29) is 10.8 Å². The third-order valence-corrected chi connectivity index (χ3v) is 3.46. The number of hydrogen-bond donors (Lipinski definition) is 0. The van der Waals surface area contributed by atoms with Gasteiger partial charge in [-0.1, -0.05) is 37.2 Å². The third kappa shape index (κ3) is 3.48. The number of carbonyl (C=O) groups excluding carboxylic acids is 1. The number of Topliss-reactive ketones (excluding diaryl/α,β-unsaturated/α-hetero) is 1. The predicted octanol–water partition coefficient (Wildman–Crippen LogP) is 4.74. The highest BCUT2D eigenvalue weighted by atomic mass is 35.5. The molecule has 0 saturated carbocycles. The molecule has 1 aromatic rings. The highest BCUT2D eigenvalue weighted by Gasteiger charge is 2.16. The van der Waals surface area contributed by atoms with Gasteiger partial charge < -0.3 is 4.90 Å². The quantitative estimate of drug-likeness (QED) is 0.558. The van der Waals surface area contributed by atoms with Gasteiger partial charge in [-0.25, -0.2) is 4.39 Å². The standard InChI is InChI=1S/C16H19ClFNO/c1-5-8-15(20)12(6-2)11(3)19(4)14-10-7-9-13(17)16(14)18/h6-7,9-10H,2,5,8H2,1,3-4H3/b12-11+. The van der Waals surface area contributed by atoms with Gasteiger partial charge in [-0.05, 0) is 25.5 Å². The average Bonchev–Trinajstić information content (AvgIpc) is 2.42. The summed E-state index contributed by atoms with van der Waals surface area (Å²) in [4.78, 5) is 13.6. The van der Waals surface area contributed by atoms with Gasteiger partial charge in [-0.3, -0.25) is 4.79 Å². The van der Waals surface area contributed by atoms with E-state index in [9.17, 15) is 9.18 Å². The number of carbonyl (C=O) groups is 1. The smallest absolute Gasteiger partial charge is 0.165 e. The molecule has 0 radical (unpaired) electrons. The first-order chi connectivity index (χ1) is 9.43. The summed E-state index contributed by atoms with van der Waals surface area (Å²) >= 11 is 5.78. The highest BCUT2D eigenvalue weighted by molar-refractivity contribution is 6.31. The van der Waals surface area contributed by atoms with Gasteiger partial charge in [0.15, 0.2) is 11.6 Å². The Morgan fingerprint density at radius 3 is 2.70 bits per heavy atom. The van der Waals surface area contributed by atoms with Gasteiger partial charge in [-0.15, -0.1) is 0 Å². The summed E-state index contributed by atoms with van der Waals surface area (Å²) in [5.74, 6) is -0.489. The molecule has 108 valence electrons. The summed E-state index contributed by atoms with van der Waals surface area (Å²) in [6.45, 7) is 7.38. The molecule has 0 N–H and O–H groups in total. The van der Waals surface area contributed by atoms with E-state index in [2.05, 4.69) is 6.58 Å². The number of rotatable bonds is 6. The zero-order valence-electron chi connectivity index (χ0n) is 12.0. The summed E-state index contributed by atoms with van der Waals surface area (Å²) in [6.07, 6.45) is 2.73. The molecule has 0 bridgehead atoms. The van der Waals surface area contributed by atoms with Gasteiger partial charge in [-0.2, -0.15) is 0 Å². The maximum absolute atomic E-state index is 14.0. The lowest BCUT2D eigenvalue weighted by Gasteiger charge is -2.23. The number of ketones is 1. The van der Waals surface area contributed by atoms with Crippen LogP contribution in [0.15, 0.2) is 42.1 Å². The Hall–Kier alpha value is -1.61. The fourth-order valence-electron chi connectivity index (χ4n) is 1.94. The topological polar surface area (TPSA) is 20.3 Å². The Morgan fingerprint density at radius 1 is 1.50 bits per heavy atom. The van der Waals surface area contributed by atoms with Crippen molar-refractivity contribution in [2.24, 2.45) is 0 Å². The van der Waals surface area contributed by atoms with E-state index >= 15 is 0 Å². The molecule has 1 rings (SSSR count). The normalized spacial score (nSPS) is 11.8. The maximum Gasteiger partial charge on any atom is 0.165 e. The molecule has 0 unspecified atom stereocenters. The Labute approximate surface area is 124 Å². The van der Waals surface area contributed by atoms with Crippen molar-refractivity contribution in [1.29, 1.82) is 0 Å². The first-order valence-corrected chi connectivity index (χ1v) is 6.86. The molecule has 0 amide bonds. The lowest BCUT2D eigenvalue weighted by Crippen LogP contribution is -2.19. The number of benzene rings is 1. The van der Waals surface area contributed by atoms with E-state index in [0.29, 0.717) is 23.4 Å². The fraction of sp³-hybridized carbons (Fsp3) is 0.312. The van der Waals surface area contributed by atoms with Crippen LogP contribution in [0.3, 0.4) is 0 Å². The molecule has 0 heterocycles. The molecule has 0 fully saturated rings. The Kier molecular flexibility index (Phi) is 5.96. The molecule has 4 heteroatoms. The highest BCUT2D eigenvalue weighted by Crippen LogP contribution is 2.28. The predicted molar refractivity (Wildman–Crippen MR) is 82.6 cm³/mol. The van der Waals surface area contributed by atoms with Crippen molar-refractivity contribution in [3.63, 3.8) is 0 Å². The zero-order chi connectivity index (χ0) is 15.3. The number of halogens is 2. The van der Waals surface area contributed by atoms with E-state index in [1.807, 2.05) is 6.92 Å². The Bertz CT molecular complexity index is 551. The minimum absolute atomic E-state index is 0.00860. The first kappa shape index (κ1) is 16.4.